The first-order valence-corrected chi connectivity index (χ1v) is 9.98. The zero-order valence-corrected chi connectivity index (χ0v) is 16.8. The monoisotopic (exact) mass is 369 g/mol. The van der Waals surface area contributed by atoms with Gasteiger partial charge in [-0.25, -0.2) is 0 Å². The molecule has 0 heterocycles. The van der Waals surface area contributed by atoms with Gasteiger partial charge < -0.3 is 27.0 Å². The average molecular weight is 370 g/mol. The van der Waals surface area contributed by atoms with Crippen LogP contribution in [-0.2, 0) is 0 Å². The molecule has 7 nitrogen and oxygen atoms in total. The van der Waals surface area contributed by atoms with Crippen molar-refractivity contribution in [3.05, 3.63) is 0 Å². The number of nitrogens with two attached hydrogens (primary N) is 3. The van der Waals surface area contributed by atoms with Gasteiger partial charge >= 0.3 is 0 Å². The van der Waals surface area contributed by atoms with Gasteiger partial charge in [0.25, 0.3) is 0 Å². The van der Waals surface area contributed by atoms with Crippen LogP contribution in [0.5, 0.6) is 0 Å². The molecule has 0 unspecified atom stereocenters. The Labute approximate surface area is 162 Å². The van der Waals surface area contributed by atoms with Crippen LogP contribution >= 0.6 is 0 Å². The first-order valence-electron chi connectivity index (χ1n) is 9.98. The van der Waals surface area contributed by atoms with Crippen molar-refractivity contribution in [3.63, 3.8) is 0 Å². The van der Waals surface area contributed by atoms with E-state index in [1.807, 2.05) is 0 Å². The molecular weight excluding hydrogens is 326 g/mol. The van der Waals surface area contributed by atoms with Gasteiger partial charge in [-0.05, 0) is 71.5 Å². The summed E-state index contributed by atoms with van der Waals surface area (Å²) >= 11 is 0. The fourth-order valence-corrected chi connectivity index (χ4v) is 2.41. The van der Waals surface area contributed by atoms with Crippen LogP contribution in [0.2, 0.25) is 0 Å². The van der Waals surface area contributed by atoms with Crippen LogP contribution in [0.1, 0.15) is 53.3 Å². The van der Waals surface area contributed by atoms with E-state index >= 15 is 0 Å². The molecule has 0 spiro atoms. The van der Waals surface area contributed by atoms with Gasteiger partial charge in [-0.3, -0.25) is 0 Å². The van der Waals surface area contributed by atoms with Crippen LogP contribution < -0.4 is 17.2 Å². The first-order chi connectivity index (χ1) is 12.7. The number of nitriles is 2. The molecule has 0 aromatic rings. The molecular formula is C19H43N7. The summed E-state index contributed by atoms with van der Waals surface area (Å²) in [6.07, 6.45) is 6.74. The van der Waals surface area contributed by atoms with Gasteiger partial charge in [0.15, 0.2) is 0 Å². The lowest BCUT2D eigenvalue weighted by atomic mass is 10.2. The van der Waals surface area contributed by atoms with Crippen LogP contribution in [0.15, 0.2) is 0 Å². The van der Waals surface area contributed by atoms with Gasteiger partial charge in [0.1, 0.15) is 0 Å². The Bertz CT molecular complexity index is 318. The Hall–Kier alpha value is -1.22. The summed E-state index contributed by atoms with van der Waals surface area (Å²) in [5.41, 5.74) is 16.3. The lowest BCUT2D eigenvalue weighted by Gasteiger charge is -2.21. The van der Waals surface area contributed by atoms with Gasteiger partial charge in [0, 0.05) is 27.4 Å². The summed E-state index contributed by atoms with van der Waals surface area (Å²) in [4.78, 5) is 4.59. The van der Waals surface area contributed by atoms with Crippen molar-refractivity contribution >= 4 is 0 Å². The summed E-state index contributed by atoms with van der Waals surface area (Å²) in [5.74, 6) is 0. The molecule has 0 aliphatic heterocycles. The fourth-order valence-electron chi connectivity index (χ4n) is 2.41. The maximum Gasteiger partial charge on any atom is 0.0635 e. The SMILES string of the molecule is CCCCN(CCCN)CCCN.N#CCCN(CCC#N)CCCN.[HH]. The number of rotatable bonds is 16. The van der Waals surface area contributed by atoms with E-state index in [9.17, 15) is 0 Å². The summed E-state index contributed by atoms with van der Waals surface area (Å²) in [6.45, 7) is 10.3. The molecule has 0 amide bonds. The summed E-state index contributed by atoms with van der Waals surface area (Å²) in [5, 5.41) is 16.8. The third-order valence-corrected chi connectivity index (χ3v) is 3.94. The number of nitrogens with zero attached hydrogens (tertiary/aromatic N) is 4. The molecule has 0 bridgehead atoms. The van der Waals surface area contributed by atoms with Crippen molar-refractivity contribution < 1.29 is 1.43 Å². The predicted molar refractivity (Wildman–Crippen MR) is 111 cm³/mol. The molecule has 0 saturated heterocycles. The molecule has 0 fully saturated rings. The zero-order valence-electron chi connectivity index (χ0n) is 16.8. The highest BCUT2D eigenvalue weighted by atomic mass is 15.1. The second kappa shape index (κ2) is 23.8. The van der Waals surface area contributed by atoms with E-state index in [2.05, 4.69) is 28.9 Å². The molecule has 154 valence electrons. The molecule has 0 aromatic heterocycles. The summed E-state index contributed by atoms with van der Waals surface area (Å²) < 4.78 is 0. The second-order valence-corrected chi connectivity index (χ2v) is 6.28. The van der Waals surface area contributed by atoms with Gasteiger partial charge in [-0.2, -0.15) is 10.5 Å². The molecule has 0 aromatic carbocycles. The minimum absolute atomic E-state index is 0. The third kappa shape index (κ3) is 20.8. The van der Waals surface area contributed by atoms with Crippen molar-refractivity contribution in [3.8, 4) is 12.1 Å². The van der Waals surface area contributed by atoms with Gasteiger partial charge in [0.2, 0.25) is 0 Å². The van der Waals surface area contributed by atoms with Crippen molar-refractivity contribution in [2.75, 3.05) is 58.9 Å². The highest BCUT2D eigenvalue weighted by Gasteiger charge is 2.03. The minimum Gasteiger partial charge on any atom is -0.330 e. The Kier molecular flexibility index (Phi) is 24.7. The highest BCUT2D eigenvalue weighted by molar-refractivity contribution is 4.76. The van der Waals surface area contributed by atoms with E-state index in [4.69, 9.17) is 27.7 Å². The highest BCUT2D eigenvalue weighted by Crippen LogP contribution is 1.97. The maximum atomic E-state index is 8.40. The van der Waals surface area contributed by atoms with E-state index in [1.54, 1.807) is 0 Å². The molecule has 0 saturated carbocycles. The fraction of sp³-hybridized carbons (Fsp3) is 0.895. The number of unbranched alkanes of at least 4 members (excludes halogenated alkanes) is 1. The Morgan fingerprint density at radius 1 is 0.654 bits per heavy atom. The minimum atomic E-state index is 0. The van der Waals surface area contributed by atoms with Crippen LogP contribution in [0.3, 0.4) is 0 Å². The third-order valence-electron chi connectivity index (χ3n) is 3.94. The number of hydrogen-bond acceptors (Lipinski definition) is 7. The molecule has 0 radical (unpaired) electrons. The molecule has 7 heteroatoms. The molecule has 0 aliphatic rings. The van der Waals surface area contributed by atoms with Crippen molar-refractivity contribution in [2.24, 2.45) is 17.2 Å². The molecule has 6 N–H and O–H groups in total. The topological polar surface area (TPSA) is 132 Å². The van der Waals surface area contributed by atoms with E-state index in [1.165, 1.54) is 19.4 Å². The Morgan fingerprint density at radius 2 is 1.00 bits per heavy atom. The normalized spacial score (nSPS) is 10.3. The predicted octanol–water partition coefficient (Wildman–Crippen LogP) is 1.50. The van der Waals surface area contributed by atoms with Gasteiger partial charge in [0.05, 0.1) is 12.1 Å². The molecule has 0 atom stereocenters. The van der Waals surface area contributed by atoms with E-state index in [-0.39, 0.29) is 1.43 Å². The Balaban J connectivity index is -0.000000411. The Morgan fingerprint density at radius 3 is 1.31 bits per heavy atom. The quantitative estimate of drug-likeness (QED) is 0.375. The lowest BCUT2D eigenvalue weighted by molar-refractivity contribution is 0.266. The maximum absolute atomic E-state index is 8.40. The molecule has 0 rings (SSSR count). The molecule has 26 heavy (non-hydrogen) atoms. The summed E-state index contributed by atoms with van der Waals surface area (Å²) in [6, 6.07) is 4.19. The second-order valence-electron chi connectivity index (χ2n) is 6.28. The van der Waals surface area contributed by atoms with Crippen molar-refractivity contribution in [2.45, 2.75) is 51.9 Å². The summed E-state index contributed by atoms with van der Waals surface area (Å²) in [7, 11) is 0. The lowest BCUT2D eigenvalue weighted by Crippen LogP contribution is -2.29. The zero-order chi connectivity index (χ0) is 19.9. The standard InChI is InChI=1S/C10H25N3.C9H16N4.H2/c1-2-3-8-13(9-4-6-11)10-5-7-12;10-4-1-7-13(8-2-5-11)9-3-6-12;/h2-12H2,1H3;1-4,7-10H2;1H. The van der Waals surface area contributed by atoms with E-state index in [0.29, 0.717) is 19.4 Å². The van der Waals surface area contributed by atoms with Gasteiger partial charge in [-0.15, -0.1) is 0 Å². The van der Waals surface area contributed by atoms with E-state index in [0.717, 1.165) is 65.1 Å². The van der Waals surface area contributed by atoms with Crippen LogP contribution in [0.4, 0.5) is 0 Å². The first kappa shape index (κ1) is 27.0. The van der Waals surface area contributed by atoms with Crippen LogP contribution in [0.25, 0.3) is 0 Å². The van der Waals surface area contributed by atoms with Crippen molar-refractivity contribution in [1.82, 2.24) is 9.80 Å². The van der Waals surface area contributed by atoms with E-state index < -0.39 is 0 Å². The smallest absolute Gasteiger partial charge is 0.0635 e. The average Bonchev–Trinajstić information content (AvgIpc) is 2.67. The van der Waals surface area contributed by atoms with Crippen molar-refractivity contribution in [1.29, 1.82) is 10.5 Å². The number of hydrogen-bond donors (Lipinski definition) is 3. The molecule has 0 aliphatic carbocycles. The van der Waals surface area contributed by atoms with Gasteiger partial charge in [-0.1, -0.05) is 13.3 Å². The van der Waals surface area contributed by atoms with Crippen LogP contribution in [-0.4, -0.2) is 68.7 Å². The van der Waals surface area contributed by atoms with Crippen LogP contribution in [0, 0.1) is 22.7 Å². The largest absolute Gasteiger partial charge is 0.330 e.